The number of aryl methyl sites for hydroxylation is 2. The van der Waals surface area contributed by atoms with Gasteiger partial charge in [-0.05, 0) is 31.5 Å². The lowest BCUT2D eigenvalue weighted by molar-refractivity contribution is 0.851. The van der Waals surface area contributed by atoms with E-state index in [-0.39, 0.29) is 0 Å². The molecule has 2 aromatic rings. The Morgan fingerprint density at radius 2 is 1.85 bits per heavy atom. The third kappa shape index (κ3) is 3.51. The number of rotatable bonds is 4. The summed E-state index contributed by atoms with van der Waals surface area (Å²) in [7, 11) is 1.97. The van der Waals surface area contributed by atoms with E-state index in [2.05, 4.69) is 9.97 Å². The molecule has 20 heavy (non-hydrogen) atoms. The lowest BCUT2D eigenvalue weighted by atomic mass is 10.1. The SMILES string of the molecule is Cc1cc(C)nc(N(C)Cc2cccc(C(N)=S)c2)n1. The highest BCUT2D eigenvalue weighted by atomic mass is 32.1. The van der Waals surface area contributed by atoms with E-state index in [0.29, 0.717) is 11.5 Å². The molecule has 0 atom stereocenters. The molecule has 1 heterocycles. The van der Waals surface area contributed by atoms with Gasteiger partial charge in [-0.15, -0.1) is 0 Å². The van der Waals surface area contributed by atoms with Crippen LogP contribution in [0.2, 0.25) is 0 Å². The molecule has 2 N–H and O–H groups in total. The number of nitrogens with zero attached hydrogens (tertiary/aromatic N) is 3. The zero-order chi connectivity index (χ0) is 14.7. The average molecular weight is 286 g/mol. The lowest BCUT2D eigenvalue weighted by Crippen LogP contribution is -2.20. The van der Waals surface area contributed by atoms with Crippen molar-refractivity contribution in [1.29, 1.82) is 0 Å². The van der Waals surface area contributed by atoms with Crippen LogP contribution in [0.25, 0.3) is 0 Å². The van der Waals surface area contributed by atoms with Crippen LogP contribution in [0.4, 0.5) is 5.95 Å². The van der Waals surface area contributed by atoms with E-state index in [4.69, 9.17) is 18.0 Å². The molecular weight excluding hydrogens is 268 g/mol. The first-order valence-electron chi connectivity index (χ1n) is 6.38. The van der Waals surface area contributed by atoms with E-state index in [1.807, 2.05) is 56.1 Å². The molecule has 0 aliphatic rings. The Balaban J connectivity index is 2.20. The van der Waals surface area contributed by atoms with Crippen molar-refractivity contribution in [2.45, 2.75) is 20.4 Å². The van der Waals surface area contributed by atoms with Crippen LogP contribution in [0.3, 0.4) is 0 Å². The molecule has 0 fully saturated rings. The Kier molecular flexibility index (Phi) is 4.29. The maximum absolute atomic E-state index is 5.66. The molecule has 0 aliphatic heterocycles. The lowest BCUT2D eigenvalue weighted by Gasteiger charge is -2.18. The van der Waals surface area contributed by atoms with Gasteiger partial charge in [0.15, 0.2) is 0 Å². The highest BCUT2D eigenvalue weighted by Gasteiger charge is 2.07. The van der Waals surface area contributed by atoms with E-state index in [1.54, 1.807) is 0 Å². The molecule has 0 amide bonds. The van der Waals surface area contributed by atoms with E-state index < -0.39 is 0 Å². The van der Waals surface area contributed by atoms with Gasteiger partial charge in [0, 0.05) is 30.5 Å². The first-order valence-corrected chi connectivity index (χ1v) is 6.78. The number of anilines is 1. The van der Waals surface area contributed by atoms with Crippen LogP contribution in [0.5, 0.6) is 0 Å². The van der Waals surface area contributed by atoms with Gasteiger partial charge >= 0.3 is 0 Å². The number of hydrogen-bond donors (Lipinski definition) is 1. The summed E-state index contributed by atoms with van der Waals surface area (Å²) in [6.07, 6.45) is 0. The zero-order valence-electron chi connectivity index (χ0n) is 11.9. The fraction of sp³-hybridized carbons (Fsp3) is 0.267. The van der Waals surface area contributed by atoms with Crippen molar-refractivity contribution in [2.75, 3.05) is 11.9 Å². The van der Waals surface area contributed by atoms with Crippen LogP contribution in [0.15, 0.2) is 30.3 Å². The van der Waals surface area contributed by atoms with Crippen molar-refractivity contribution in [3.63, 3.8) is 0 Å². The Morgan fingerprint density at radius 1 is 1.20 bits per heavy atom. The molecule has 4 nitrogen and oxygen atoms in total. The molecule has 104 valence electrons. The number of benzene rings is 1. The van der Waals surface area contributed by atoms with Crippen molar-refractivity contribution < 1.29 is 0 Å². The van der Waals surface area contributed by atoms with E-state index in [0.717, 1.165) is 28.5 Å². The smallest absolute Gasteiger partial charge is 0.225 e. The fourth-order valence-corrected chi connectivity index (χ4v) is 2.17. The van der Waals surface area contributed by atoms with Gasteiger partial charge in [-0.1, -0.05) is 30.4 Å². The van der Waals surface area contributed by atoms with E-state index in [9.17, 15) is 0 Å². The van der Waals surface area contributed by atoms with Gasteiger partial charge in [-0.2, -0.15) is 0 Å². The normalized spacial score (nSPS) is 10.3. The molecule has 2 rings (SSSR count). The zero-order valence-corrected chi connectivity index (χ0v) is 12.7. The largest absolute Gasteiger partial charge is 0.389 e. The number of nitrogens with two attached hydrogens (primary N) is 1. The minimum absolute atomic E-state index is 0.414. The van der Waals surface area contributed by atoms with Gasteiger partial charge in [0.25, 0.3) is 0 Å². The summed E-state index contributed by atoms with van der Waals surface area (Å²) in [4.78, 5) is 11.3. The summed E-state index contributed by atoms with van der Waals surface area (Å²) < 4.78 is 0. The molecule has 1 aromatic heterocycles. The highest BCUT2D eigenvalue weighted by molar-refractivity contribution is 7.80. The third-order valence-corrected chi connectivity index (χ3v) is 3.18. The Bertz CT molecular complexity index is 619. The second-order valence-electron chi connectivity index (χ2n) is 4.87. The van der Waals surface area contributed by atoms with Crippen LogP contribution in [-0.4, -0.2) is 22.0 Å². The maximum atomic E-state index is 5.66. The summed E-state index contributed by atoms with van der Waals surface area (Å²) in [6.45, 7) is 4.65. The third-order valence-electron chi connectivity index (χ3n) is 2.94. The summed E-state index contributed by atoms with van der Waals surface area (Å²) in [5.41, 5.74) is 9.60. The highest BCUT2D eigenvalue weighted by Crippen LogP contribution is 2.13. The Labute approximate surface area is 124 Å². The Morgan fingerprint density at radius 3 is 2.45 bits per heavy atom. The monoisotopic (exact) mass is 286 g/mol. The minimum Gasteiger partial charge on any atom is -0.389 e. The maximum Gasteiger partial charge on any atom is 0.225 e. The molecule has 0 bridgehead atoms. The molecule has 1 aromatic carbocycles. The molecule has 0 saturated carbocycles. The second kappa shape index (κ2) is 5.96. The first kappa shape index (κ1) is 14.4. The second-order valence-corrected chi connectivity index (χ2v) is 5.31. The fourth-order valence-electron chi connectivity index (χ4n) is 2.05. The van der Waals surface area contributed by atoms with E-state index in [1.165, 1.54) is 0 Å². The molecule has 0 spiro atoms. The number of thiocarbonyl (C=S) groups is 1. The molecule has 0 aliphatic carbocycles. The predicted molar refractivity (Wildman–Crippen MR) is 85.9 cm³/mol. The van der Waals surface area contributed by atoms with Crippen LogP contribution in [-0.2, 0) is 6.54 Å². The quantitative estimate of drug-likeness (QED) is 0.875. The molecule has 5 heteroatoms. The predicted octanol–water partition coefficient (Wildman–Crippen LogP) is 2.36. The number of hydrogen-bond acceptors (Lipinski definition) is 4. The van der Waals surface area contributed by atoms with Crippen LogP contribution >= 0.6 is 12.2 Å². The van der Waals surface area contributed by atoms with Gasteiger partial charge in [0.2, 0.25) is 5.95 Å². The van der Waals surface area contributed by atoms with Crippen LogP contribution in [0.1, 0.15) is 22.5 Å². The van der Waals surface area contributed by atoms with Crippen LogP contribution in [0, 0.1) is 13.8 Å². The molecular formula is C15H18N4S. The van der Waals surface area contributed by atoms with Crippen molar-refractivity contribution in [2.24, 2.45) is 5.73 Å². The van der Waals surface area contributed by atoms with Crippen LogP contribution < -0.4 is 10.6 Å². The standard InChI is InChI=1S/C15H18N4S/c1-10-7-11(2)18-15(17-10)19(3)9-12-5-4-6-13(8-12)14(16)20/h4-8H,9H2,1-3H3,(H2,16,20). The van der Waals surface area contributed by atoms with Gasteiger partial charge in [-0.25, -0.2) is 9.97 Å². The van der Waals surface area contributed by atoms with Gasteiger partial charge in [-0.3, -0.25) is 0 Å². The molecule has 0 saturated heterocycles. The summed E-state index contributed by atoms with van der Waals surface area (Å²) in [6, 6.07) is 9.88. The summed E-state index contributed by atoms with van der Waals surface area (Å²) in [5, 5.41) is 0. The van der Waals surface area contributed by atoms with Crippen molar-refractivity contribution in [1.82, 2.24) is 9.97 Å². The van der Waals surface area contributed by atoms with Gasteiger partial charge in [0.05, 0.1) is 0 Å². The Hall–Kier alpha value is -2.01. The van der Waals surface area contributed by atoms with Gasteiger partial charge in [0.1, 0.15) is 4.99 Å². The first-order chi connectivity index (χ1) is 9.45. The van der Waals surface area contributed by atoms with Gasteiger partial charge < -0.3 is 10.6 Å². The average Bonchev–Trinajstić information content (AvgIpc) is 2.37. The topological polar surface area (TPSA) is 55.0 Å². The number of aromatic nitrogens is 2. The van der Waals surface area contributed by atoms with Crippen molar-refractivity contribution >= 4 is 23.2 Å². The van der Waals surface area contributed by atoms with E-state index >= 15 is 0 Å². The van der Waals surface area contributed by atoms with Crippen molar-refractivity contribution in [3.05, 3.63) is 52.8 Å². The minimum atomic E-state index is 0.414. The summed E-state index contributed by atoms with van der Waals surface area (Å²) in [5.74, 6) is 0.725. The summed E-state index contributed by atoms with van der Waals surface area (Å²) >= 11 is 5.00. The molecule has 0 unspecified atom stereocenters. The molecule has 0 radical (unpaired) electrons. The van der Waals surface area contributed by atoms with Crippen molar-refractivity contribution in [3.8, 4) is 0 Å².